The fraction of sp³-hybridized carbons (Fsp3) is 0.875. The van der Waals surface area contributed by atoms with Gasteiger partial charge in [-0.25, -0.2) is 0 Å². The topological polar surface area (TPSA) is 38.3 Å². The quantitative estimate of drug-likeness (QED) is 0.612. The number of hydrogen-bond donors (Lipinski definition) is 1. The number of methoxy groups -OCH3 is 1. The van der Waals surface area contributed by atoms with Gasteiger partial charge in [-0.3, -0.25) is 4.79 Å². The van der Waals surface area contributed by atoms with Gasteiger partial charge in [-0.05, 0) is 13.0 Å². The lowest BCUT2D eigenvalue weighted by Crippen LogP contribution is -2.31. The molecule has 1 atom stereocenters. The molecular formula is C8H17NO2. The lowest BCUT2D eigenvalue weighted by atomic mass is 9.96. The first kappa shape index (κ1) is 10.4. The molecule has 0 spiro atoms. The normalized spacial score (nSPS) is 13.2. The molecular weight excluding hydrogens is 142 g/mol. The molecule has 0 fully saturated rings. The van der Waals surface area contributed by atoms with Gasteiger partial charge in [0, 0.05) is 6.54 Å². The zero-order valence-corrected chi connectivity index (χ0v) is 7.68. The Kier molecular flexibility index (Phi) is 4.86. The maximum atomic E-state index is 11.1. The second-order valence-electron chi connectivity index (χ2n) is 2.93. The highest BCUT2D eigenvalue weighted by molar-refractivity contribution is 5.72. The van der Waals surface area contributed by atoms with E-state index in [2.05, 4.69) is 10.1 Å². The molecule has 0 aromatic rings. The van der Waals surface area contributed by atoms with Crippen LogP contribution in [0, 0.1) is 11.8 Å². The van der Waals surface area contributed by atoms with Gasteiger partial charge in [0.25, 0.3) is 0 Å². The summed E-state index contributed by atoms with van der Waals surface area (Å²) in [5.74, 6) is 0.175. The molecule has 0 aromatic heterocycles. The van der Waals surface area contributed by atoms with Crippen molar-refractivity contribution < 1.29 is 9.53 Å². The number of ether oxygens (including phenoxy) is 1. The third-order valence-electron chi connectivity index (χ3n) is 1.73. The number of carbonyl (C=O) groups is 1. The molecule has 3 heteroatoms. The number of rotatable bonds is 4. The average molecular weight is 159 g/mol. The molecule has 0 aliphatic carbocycles. The molecule has 0 bridgehead atoms. The minimum Gasteiger partial charge on any atom is -0.469 e. The van der Waals surface area contributed by atoms with E-state index in [0.29, 0.717) is 12.5 Å². The number of carbonyl (C=O) groups excluding carboxylic acids is 1. The highest BCUT2D eigenvalue weighted by atomic mass is 16.5. The van der Waals surface area contributed by atoms with E-state index in [-0.39, 0.29) is 11.9 Å². The first-order chi connectivity index (χ1) is 5.13. The zero-order valence-electron chi connectivity index (χ0n) is 7.68. The molecule has 0 saturated carbocycles. The van der Waals surface area contributed by atoms with Gasteiger partial charge in [-0.1, -0.05) is 13.8 Å². The van der Waals surface area contributed by atoms with Crippen LogP contribution in [0.2, 0.25) is 0 Å². The molecule has 3 nitrogen and oxygen atoms in total. The predicted molar refractivity (Wildman–Crippen MR) is 44.3 cm³/mol. The van der Waals surface area contributed by atoms with E-state index in [4.69, 9.17) is 0 Å². The summed E-state index contributed by atoms with van der Waals surface area (Å²) < 4.78 is 4.65. The minimum absolute atomic E-state index is 0.0231. The van der Waals surface area contributed by atoms with Crippen LogP contribution in [0.4, 0.5) is 0 Å². The van der Waals surface area contributed by atoms with Crippen molar-refractivity contribution >= 4 is 5.97 Å². The van der Waals surface area contributed by atoms with Gasteiger partial charge < -0.3 is 10.1 Å². The van der Waals surface area contributed by atoms with Crippen molar-refractivity contribution in [1.29, 1.82) is 0 Å². The van der Waals surface area contributed by atoms with Gasteiger partial charge >= 0.3 is 5.97 Å². The first-order valence-corrected chi connectivity index (χ1v) is 3.86. The van der Waals surface area contributed by atoms with Crippen LogP contribution in [-0.4, -0.2) is 26.7 Å². The maximum absolute atomic E-state index is 11.1. The van der Waals surface area contributed by atoms with Crippen LogP contribution in [0.15, 0.2) is 0 Å². The van der Waals surface area contributed by atoms with Crippen LogP contribution < -0.4 is 5.32 Å². The Morgan fingerprint density at radius 1 is 1.55 bits per heavy atom. The number of hydrogen-bond acceptors (Lipinski definition) is 3. The summed E-state index contributed by atoms with van der Waals surface area (Å²) >= 11 is 0. The summed E-state index contributed by atoms with van der Waals surface area (Å²) in [6.45, 7) is 4.71. The van der Waals surface area contributed by atoms with Gasteiger partial charge in [0.1, 0.15) is 0 Å². The summed E-state index contributed by atoms with van der Waals surface area (Å²) in [7, 11) is 3.26. The van der Waals surface area contributed by atoms with Crippen LogP contribution >= 0.6 is 0 Å². The highest BCUT2D eigenvalue weighted by Gasteiger charge is 2.21. The van der Waals surface area contributed by atoms with Gasteiger partial charge in [-0.15, -0.1) is 0 Å². The van der Waals surface area contributed by atoms with Gasteiger partial charge in [0.15, 0.2) is 0 Å². The predicted octanol–water partition coefficient (Wildman–Crippen LogP) is 0.651. The SMILES string of the molecule is CNC[C@H](C(=O)OC)C(C)C. The molecule has 0 heterocycles. The summed E-state index contributed by atoms with van der Waals surface area (Å²) in [6, 6.07) is 0. The number of nitrogens with one attached hydrogen (secondary N) is 1. The molecule has 0 rings (SSSR count). The van der Waals surface area contributed by atoms with Crippen molar-refractivity contribution in [2.75, 3.05) is 20.7 Å². The van der Waals surface area contributed by atoms with Crippen LogP contribution in [0.25, 0.3) is 0 Å². The molecule has 0 amide bonds. The third-order valence-corrected chi connectivity index (χ3v) is 1.73. The summed E-state index contributed by atoms with van der Waals surface area (Å²) in [5, 5.41) is 2.96. The molecule has 1 N–H and O–H groups in total. The molecule has 0 aliphatic heterocycles. The van der Waals surface area contributed by atoms with E-state index in [0.717, 1.165) is 0 Å². The zero-order chi connectivity index (χ0) is 8.85. The van der Waals surface area contributed by atoms with Crippen molar-refractivity contribution in [1.82, 2.24) is 5.32 Å². The fourth-order valence-electron chi connectivity index (χ4n) is 0.962. The largest absolute Gasteiger partial charge is 0.469 e. The molecule has 66 valence electrons. The molecule has 11 heavy (non-hydrogen) atoms. The smallest absolute Gasteiger partial charge is 0.310 e. The van der Waals surface area contributed by atoms with E-state index in [1.165, 1.54) is 7.11 Å². The standard InChI is InChI=1S/C8H17NO2/c1-6(2)7(5-9-3)8(10)11-4/h6-7,9H,5H2,1-4H3/t7-/m0/s1. The molecule has 0 aliphatic rings. The monoisotopic (exact) mass is 159 g/mol. The molecule has 0 aromatic carbocycles. The van der Waals surface area contributed by atoms with E-state index in [1.807, 2.05) is 20.9 Å². The second kappa shape index (κ2) is 5.13. The van der Waals surface area contributed by atoms with E-state index >= 15 is 0 Å². The Morgan fingerprint density at radius 3 is 2.36 bits per heavy atom. The van der Waals surface area contributed by atoms with Crippen LogP contribution in [0.5, 0.6) is 0 Å². The van der Waals surface area contributed by atoms with Crippen LogP contribution in [0.1, 0.15) is 13.8 Å². The van der Waals surface area contributed by atoms with E-state index in [9.17, 15) is 4.79 Å². The molecule has 0 saturated heterocycles. The first-order valence-electron chi connectivity index (χ1n) is 3.86. The minimum atomic E-state index is -0.130. The highest BCUT2D eigenvalue weighted by Crippen LogP contribution is 2.10. The Morgan fingerprint density at radius 2 is 2.09 bits per heavy atom. The average Bonchev–Trinajstić information content (AvgIpc) is 1.98. The van der Waals surface area contributed by atoms with Crippen LogP contribution in [-0.2, 0) is 9.53 Å². The number of esters is 1. The van der Waals surface area contributed by atoms with E-state index in [1.54, 1.807) is 0 Å². The van der Waals surface area contributed by atoms with Crippen molar-refractivity contribution in [3.05, 3.63) is 0 Å². The lowest BCUT2D eigenvalue weighted by Gasteiger charge is -2.17. The van der Waals surface area contributed by atoms with Crippen molar-refractivity contribution in [3.8, 4) is 0 Å². The van der Waals surface area contributed by atoms with Crippen molar-refractivity contribution in [2.24, 2.45) is 11.8 Å². The summed E-state index contributed by atoms with van der Waals surface area (Å²) in [4.78, 5) is 11.1. The third kappa shape index (κ3) is 3.37. The Bertz CT molecular complexity index is 123. The van der Waals surface area contributed by atoms with Crippen LogP contribution in [0.3, 0.4) is 0 Å². The van der Waals surface area contributed by atoms with Gasteiger partial charge in [0.05, 0.1) is 13.0 Å². The Labute approximate surface area is 68.1 Å². The van der Waals surface area contributed by atoms with E-state index < -0.39 is 0 Å². The Balaban J connectivity index is 3.98. The van der Waals surface area contributed by atoms with Gasteiger partial charge in [0.2, 0.25) is 0 Å². The van der Waals surface area contributed by atoms with Crippen molar-refractivity contribution in [2.45, 2.75) is 13.8 Å². The molecule has 0 unspecified atom stereocenters. The Hall–Kier alpha value is -0.570. The lowest BCUT2D eigenvalue weighted by molar-refractivity contribution is -0.146. The fourth-order valence-corrected chi connectivity index (χ4v) is 0.962. The van der Waals surface area contributed by atoms with Crippen molar-refractivity contribution in [3.63, 3.8) is 0 Å². The molecule has 0 radical (unpaired) electrons. The summed E-state index contributed by atoms with van der Waals surface area (Å²) in [5.41, 5.74) is 0. The van der Waals surface area contributed by atoms with Gasteiger partial charge in [-0.2, -0.15) is 0 Å². The summed E-state index contributed by atoms with van der Waals surface area (Å²) in [6.07, 6.45) is 0. The maximum Gasteiger partial charge on any atom is 0.310 e. The second-order valence-corrected chi connectivity index (χ2v) is 2.93.